The molecular weight excluding hydrogens is 537 g/mol. The van der Waals surface area contributed by atoms with E-state index in [2.05, 4.69) is 40.0 Å². The highest BCUT2D eigenvalue weighted by Crippen LogP contribution is 2.66. The molecule has 1 aliphatic rings. The van der Waals surface area contributed by atoms with Gasteiger partial charge in [0.1, 0.15) is 12.3 Å². The Morgan fingerprint density at radius 3 is 2.49 bits per heavy atom. The van der Waals surface area contributed by atoms with Crippen LogP contribution >= 0.6 is 23.5 Å². The predicted octanol–water partition coefficient (Wildman–Crippen LogP) is 0.244. The molecule has 0 aromatic carbocycles. The van der Waals surface area contributed by atoms with Crippen molar-refractivity contribution in [2.24, 2.45) is 5.41 Å². The second kappa shape index (κ2) is 9.59. The number of anilines is 2. The monoisotopic (exact) mass is 560 g/mol. The van der Waals surface area contributed by atoms with Gasteiger partial charge in [-0.15, -0.1) is 6.58 Å². The molecule has 1 fully saturated rings. The number of imidazole rings is 1. The maximum atomic E-state index is 12.0. The number of nitrogens with one attached hydrogen (secondary N) is 1. The van der Waals surface area contributed by atoms with Crippen LogP contribution in [0.15, 0.2) is 19.0 Å². The van der Waals surface area contributed by atoms with Crippen LogP contribution in [0.5, 0.6) is 0 Å². The fourth-order valence-corrected chi connectivity index (χ4v) is 6.43. The van der Waals surface area contributed by atoms with Crippen molar-refractivity contribution >= 4 is 46.4 Å². The molecule has 2 aromatic rings. The van der Waals surface area contributed by atoms with E-state index in [1.165, 1.54) is 17.0 Å². The van der Waals surface area contributed by atoms with Crippen LogP contribution < -0.4 is 11.1 Å². The number of nitrogens with zero attached hydrogens (tertiary/aromatic N) is 4. The molecule has 0 bridgehead atoms. The van der Waals surface area contributed by atoms with E-state index in [0.29, 0.717) is 11.3 Å². The minimum atomic E-state index is -5.70. The van der Waals surface area contributed by atoms with Gasteiger partial charge in [0, 0.05) is 7.05 Å². The number of aliphatic hydroxyl groups excluding tert-OH is 1. The lowest BCUT2D eigenvalue weighted by Gasteiger charge is -2.29. The summed E-state index contributed by atoms with van der Waals surface area (Å²) in [6.45, 7) is 4.41. The van der Waals surface area contributed by atoms with Crippen molar-refractivity contribution in [1.29, 1.82) is 0 Å². The fourth-order valence-electron chi connectivity index (χ4n) is 3.40. The van der Waals surface area contributed by atoms with Gasteiger partial charge >= 0.3 is 23.5 Å². The molecule has 35 heavy (non-hydrogen) atoms. The molecule has 0 aliphatic carbocycles. The Balaban J connectivity index is 1.84. The third-order valence-corrected chi connectivity index (χ3v) is 8.81. The van der Waals surface area contributed by atoms with Crippen LogP contribution in [0, 0.1) is 5.41 Å². The molecule has 196 valence electrons. The molecule has 0 amide bonds. The Morgan fingerprint density at radius 2 is 1.91 bits per heavy atom. The molecule has 1 aliphatic heterocycles. The Morgan fingerprint density at radius 1 is 1.26 bits per heavy atom. The van der Waals surface area contributed by atoms with Crippen LogP contribution in [0.4, 0.5) is 11.8 Å². The number of fused-ring (bicyclic) bond motifs is 1. The van der Waals surface area contributed by atoms with Gasteiger partial charge in [0.2, 0.25) is 5.95 Å². The Labute approximate surface area is 197 Å². The van der Waals surface area contributed by atoms with Crippen LogP contribution in [0.3, 0.4) is 0 Å². The first-order chi connectivity index (χ1) is 16.0. The number of phosphoric ester groups is 1. The molecule has 3 heterocycles. The second-order valence-electron chi connectivity index (χ2n) is 7.43. The zero-order valence-electron chi connectivity index (χ0n) is 18.1. The highest BCUT2D eigenvalue weighted by atomic mass is 31.3. The first-order valence-electron chi connectivity index (χ1n) is 9.45. The van der Waals surface area contributed by atoms with Crippen molar-refractivity contribution in [3.05, 3.63) is 19.0 Å². The lowest BCUT2D eigenvalue weighted by molar-refractivity contribution is -0.0464. The standard InChI is InChI=1S/C14H23N6O12P3/c1-4-14(2)9(21)7(5-29-34(25,26)32-35(27,28)31-33(22,23)24)30-12(14)20-6-17-8-10(16-3)18-13(15)19-11(8)20/h4,6-7,9,12,21H,1,5H2,2-3H3,(H,25,26)(H,27,28)(H2,22,23,24)(H3,15,16,18,19)/t7-,9-,12-,14-/m1/s1. The first kappa shape index (κ1) is 27.8. The minimum Gasteiger partial charge on any atom is -0.389 e. The number of aliphatic hydroxyl groups is 1. The molecule has 21 heteroatoms. The lowest BCUT2D eigenvalue weighted by atomic mass is 9.82. The van der Waals surface area contributed by atoms with Crippen molar-refractivity contribution in [2.45, 2.75) is 25.4 Å². The molecule has 8 N–H and O–H groups in total. The molecule has 18 nitrogen and oxygen atoms in total. The van der Waals surface area contributed by atoms with Crippen molar-refractivity contribution in [1.82, 2.24) is 19.5 Å². The molecule has 1 saturated heterocycles. The summed E-state index contributed by atoms with van der Waals surface area (Å²) in [6, 6.07) is 0. The quantitative estimate of drug-likeness (QED) is 0.151. The largest absolute Gasteiger partial charge is 0.490 e. The number of ether oxygens (including phenoxy) is 1. The van der Waals surface area contributed by atoms with E-state index in [0.717, 1.165) is 0 Å². The van der Waals surface area contributed by atoms with Gasteiger partial charge in [-0.25, -0.2) is 18.7 Å². The van der Waals surface area contributed by atoms with E-state index in [1.54, 1.807) is 14.0 Å². The summed E-state index contributed by atoms with van der Waals surface area (Å²) >= 11 is 0. The molecule has 3 rings (SSSR count). The van der Waals surface area contributed by atoms with E-state index >= 15 is 0 Å². The van der Waals surface area contributed by atoms with Gasteiger partial charge in [0.05, 0.1) is 24.5 Å². The number of nitrogen functional groups attached to an aromatic ring is 1. The number of aromatic nitrogens is 4. The summed E-state index contributed by atoms with van der Waals surface area (Å²) in [7, 11) is -15.1. The summed E-state index contributed by atoms with van der Waals surface area (Å²) < 4.78 is 53.5. The van der Waals surface area contributed by atoms with Crippen molar-refractivity contribution in [3.63, 3.8) is 0 Å². The van der Waals surface area contributed by atoms with E-state index in [9.17, 15) is 28.6 Å². The van der Waals surface area contributed by atoms with Crippen molar-refractivity contribution < 1.29 is 56.3 Å². The third-order valence-electron chi connectivity index (χ3n) is 5.01. The Hall–Kier alpha value is -1.78. The number of hydrogen-bond acceptors (Lipinski definition) is 13. The molecular formula is C14H23N6O12P3. The lowest BCUT2D eigenvalue weighted by Crippen LogP contribution is -2.37. The van der Waals surface area contributed by atoms with Crippen molar-refractivity contribution in [2.75, 3.05) is 24.7 Å². The second-order valence-corrected chi connectivity index (χ2v) is 11.9. The van der Waals surface area contributed by atoms with Gasteiger partial charge in [-0.2, -0.15) is 18.6 Å². The fraction of sp³-hybridized carbons (Fsp3) is 0.500. The SMILES string of the molecule is C=C[C@]1(C)[C@H](O)[C@@H](COP(=O)(O)OP(=O)(O)OP(=O)(O)O)O[C@H]1n1cnc2c(NC)nc(N)nc21. The van der Waals surface area contributed by atoms with Gasteiger partial charge < -0.3 is 40.5 Å². The third kappa shape index (κ3) is 5.97. The summed E-state index contributed by atoms with van der Waals surface area (Å²) in [6.07, 6.45) is -1.04. The zero-order valence-corrected chi connectivity index (χ0v) is 20.8. The number of hydrogen-bond donors (Lipinski definition) is 7. The molecule has 0 radical (unpaired) electrons. The minimum absolute atomic E-state index is 0.0772. The predicted molar refractivity (Wildman–Crippen MR) is 117 cm³/mol. The Bertz CT molecular complexity index is 1270. The molecule has 2 unspecified atom stereocenters. The van der Waals surface area contributed by atoms with Crippen LogP contribution in [0.25, 0.3) is 11.2 Å². The first-order valence-corrected chi connectivity index (χ1v) is 14.0. The summed E-state index contributed by atoms with van der Waals surface area (Å²) in [4.78, 5) is 48.5. The molecule has 0 saturated carbocycles. The van der Waals surface area contributed by atoms with Gasteiger partial charge in [0.25, 0.3) is 0 Å². The Kier molecular flexibility index (Phi) is 7.62. The van der Waals surface area contributed by atoms with Gasteiger partial charge in [-0.3, -0.25) is 9.09 Å². The van der Waals surface area contributed by atoms with Crippen LogP contribution in [0.1, 0.15) is 13.2 Å². The van der Waals surface area contributed by atoms with Crippen LogP contribution in [-0.4, -0.2) is 70.1 Å². The molecule has 2 aromatic heterocycles. The summed E-state index contributed by atoms with van der Waals surface area (Å²) in [5.74, 6) is 0.251. The normalized spacial score (nSPS) is 28.5. The highest BCUT2D eigenvalue weighted by Gasteiger charge is 2.53. The van der Waals surface area contributed by atoms with Gasteiger partial charge in [-0.05, 0) is 6.92 Å². The van der Waals surface area contributed by atoms with Crippen LogP contribution in [0.2, 0.25) is 0 Å². The van der Waals surface area contributed by atoms with Gasteiger partial charge in [0.15, 0.2) is 17.0 Å². The molecule has 0 spiro atoms. The average molecular weight is 560 g/mol. The smallest absolute Gasteiger partial charge is 0.389 e. The average Bonchev–Trinajstić information content (AvgIpc) is 3.22. The van der Waals surface area contributed by atoms with E-state index in [1.807, 2.05) is 0 Å². The summed E-state index contributed by atoms with van der Waals surface area (Å²) in [5.41, 5.74) is 5.09. The number of rotatable bonds is 10. The van der Waals surface area contributed by atoms with E-state index in [-0.39, 0.29) is 11.6 Å². The summed E-state index contributed by atoms with van der Waals surface area (Å²) in [5, 5.41) is 13.7. The van der Waals surface area contributed by atoms with Crippen LogP contribution in [-0.2, 0) is 31.6 Å². The van der Waals surface area contributed by atoms with E-state index < -0.39 is 53.9 Å². The number of phosphoric acid groups is 3. The van der Waals surface area contributed by atoms with Gasteiger partial charge in [-0.1, -0.05) is 6.08 Å². The molecule has 6 atom stereocenters. The number of nitrogens with two attached hydrogens (primary N) is 1. The van der Waals surface area contributed by atoms with E-state index in [4.69, 9.17) is 20.3 Å². The maximum Gasteiger partial charge on any atom is 0.490 e. The zero-order chi connectivity index (χ0) is 26.4. The van der Waals surface area contributed by atoms with Crippen molar-refractivity contribution in [3.8, 4) is 0 Å². The topological polar surface area (TPSA) is 271 Å². The highest BCUT2D eigenvalue weighted by molar-refractivity contribution is 7.66. The maximum absolute atomic E-state index is 12.0.